The minimum Gasteiger partial charge on any atom is -0.388 e. The zero-order chi connectivity index (χ0) is 20.8. The first-order valence-electron chi connectivity index (χ1n) is 9.51. The summed E-state index contributed by atoms with van der Waals surface area (Å²) >= 11 is 0. The molecule has 2 atom stereocenters. The van der Waals surface area contributed by atoms with Crippen LogP contribution in [0.4, 0.5) is 0 Å². The van der Waals surface area contributed by atoms with Crippen molar-refractivity contribution in [2.75, 3.05) is 13.6 Å². The number of likely N-dealkylation sites (tertiary alicyclic amines) is 1. The van der Waals surface area contributed by atoms with Gasteiger partial charge >= 0.3 is 0 Å². The number of nitrogens with two attached hydrogens (primary N) is 1. The van der Waals surface area contributed by atoms with Crippen LogP contribution in [0.2, 0.25) is 0 Å². The first kappa shape index (κ1) is 19.2. The molecule has 8 heteroatoms. The number of hydrogen-bond acceptors (Lipinski definition) is 5. The number of primary amides is 1. The number of likely N-dealkylation sites (N-methyl/N-ethyl adjacent to an activating group) is 1. The van der Waals surface area contributed by atoms with Crippen molar-refractivity contribution in [3.8, 4) is 17.5 Å². The van der Waals surface area contributed by atoms with E-state index in [0.717, 1.165) is 12.1 Å². The molecule has 2 amide bonds. The van der Waals surface area contributed by atoms with Crippen LogP contribution in [0.15, 0.2) is 24.3 Å². The average molecular weight is 394 g/mol. The molecule has 0 bridgehead atoms. The Morgan fingerprint density at radius 2 is 2.21 bits per heavy atom. The molecule has 2 aromatic rings. The molecule has 1 saturated heterocycles. The largest absolute Gasteiger partial charge is 0.388 e. The zero-order valence-electron chi connectivity index (χ0n) is 16.1. The van der Waals surface area contributed by atoms with Crippen LogP contribution in [-0.4, -0.2) is 55.9 Å². The van der Waals surface area contributed by atoms with Crippen LogP contribution in [0.5, 0.6) is 0 Å². The lowest BCUT2D eigenvalue weighted by atomic mass is 9.92. The second kappa shape index (κ2) is 7.03. The van der Waals surface area contributed by atoms with Gasteiger partial charge in [-0.1, -0.05) is 17.9 Å². The fraction of sp³-hybridized carbons (Fsp3) is 0.381. The first-order valence-corrected chi connectivity index (χ1v) is 9.51. The number of hydrogen-bond donors (Lipinski definition) is 3. The fourth-order valence-electron chi connectivity index (χ4n) is 3.92. The first-order chi connectivity index (χ1) is 13.8. The van der Waals surface area contributed by atoms with Crippen molar-refractivity contribution < 1.29 is 19.8 Å². The lowest BCUT2D eigenvalue weighted by Gasteiger charge is -2.19. The highest BCUT2D eigenvalue weighted by Crippen LogP contribution is 2.33. The Labute approximate surface area is 167 Å². The number of nitrogens with zero attached hydrogens (tertiary/aromatic N) is 3. The van der Waals surface area contributed by atoms with Crippen molar-refractivity contribution in [3.05, 3.63) is 46.8 Å². The highest BCUT2D eigenvalue weighted by molar-refractivity contribution is 5.93. The summed E-state index contributed by atoms with van der Waals surface area (Å²) in [6, 6.07) is 7.12. The summed E-state index contributed by atoms with van der Waals surface area (Å²) < 4.78 is 1.62. The molecule has 4 N–H and O–H groups in total. The molecule has 1 aromatic heterocycles. The Balaban J connectivity index is 1.73. The zero-order valence-corrected chi connectivity index (χ0v) is 16.1. The normalized spacial score (nSPS) is 23.5. The molecule has 2 heterocycles. The number of carbonyl (C=O) groups is 2. The minimum atomic E-state index is -1.67. The Morgan fingerprint density at radius 3 is 2.90 bits per heavy atom. The maximum atomic E-state index is 12.1. The number of carbonyl (C=O) groups excluding carboxylic acids is 2. The molecule has 29 heavy (non-hydrogen) atoms. The van der Waals surface area contributed by atoms with Gasteiger partial charge in [-0.05, 0) is 37.5 Å². The van der Waals surface area contributed by atoms with E-state index in [9.17, 15) is 19.8 Å². The summed E-state index contributed by atoms with van der Waals surface area (Å²) in [4.78, 5) is 25.4. The van der Waals surface area contributed by atoms with Crippen molar-refractivity contribution in [2.45, 2.75) is 37.4 Å². The number of amides is 2. The minimum absolute atomic E-state index is 0.0811. The van der Waals surface area contributed by atoms with E-state index in [1.54, 1.807) is 29.9 Å². The van der Waals surface area contributed by atoms with Gasteiger partial charge in [-0.15, -0.1) is 0 Å². The van der Waals surface area contributed by atoms with Gasteiger partial charge < -0.3 is 20.8 Å². The Morgan fingerprint density at radius 1 is 1.41 bits per heavy atom. The summed E-state index contributed by atoms with van der Waals surface area (Å²) in [5.74, 6) is 4.50. The molecule has 8 nitrogen and oxygen atoms in total. The Kier molecular flexibility index (Phi) is 4.65. The number of aromatic nitrogens is 2. The molecule has 4 rings (SSSR count). The van der Waals surface area contributed by atoms with Gasteiger partial charge in [-0.2, -0.15) is 5.10 Å². The summed E-state index contributed by atoms with van der Waals surface area (Å²) in [6.07, 6.45) is 1.51. The van der Waals surface area contributed by atoms with Crippen LogP contribution >= 0.6 is 0 Å². The third-order valence-corrected chi connectivity index (χ3v) is 5.49. The molecule has 0 saturated carbocycles. The van der Waals surface area contributed by atoms with Gasteiger partial charge in [0.1, 0.15) is 0 Å². The highest BCUT2D eigenvalue weighted by atomic mass is 16.3. The quantitative estimate of drug-likeness (QED) is 0.632. The monoisotopic (exact) mass is 394 g/mol. The van der Waals surface area contributed by atoms with E-state index < -0.39 is 23.5 Å². The predicted molar refractivity (Wildman–Crippen MR) is 104 cm³/mol. The van der Waals surface area contributed by atoms with Crippen molar-refractivity contribution in [1.82, 2.24) is 14.7 Å². The lowest BCUT2D eigenvalue weighted by molar-refractivity contribution is -0.137. The van der Waals surface area contributed by atoms with Gasteiger partial charge in [-0.25, -0.2) is 4.68 Å². The van der Waals surface area contributed by atoms with Crippen molar-refractivity contribution in [3.63, 3.8) is 0 Å². The van der Waals surface area contributed by atoms with E-state index in [2.05, 4.69) is 16.9 Å². The van der Waals surface area contributed by atoms with Crippen LogP contribution in [0, 0.1) is 11.8 Å². The van der Waals surface area contributed by atoms with Crippen LogP contribution in [0.25, 0.3) is 5.69 Å². The van der Waals surface area contributed by atoms with Gasteiger partial charge in [0.05, 0.1) is 17.5 Å². The summed E-state index contributed by atoms with van der Waals surface area (Å²) in [7, 11) is 1.63. The maximum absolute atomic E-state index is 12.1. The fourth-order valence-corrected chi connectivity index (χ4v) is 3.92. The van der Waals surface area contributed by atoms with E-state index >= 15 is 0 Å². The van der Waals surface area contributed by atoms with E-state index in [1.807, 2.05) is 6.07 Å². The number of rotatable bonds is 2. The molecule has 0 radical (unpaired) electrons. The highest BCUT2D eigenvalue weighted by Gasteiger charge is 2.42. The van der Waals surface area contributed by atoms with Gasteiger partial charge in [0.2, 0.25) is 5.60 Å². The van der Waals surface area contributed by atoms with Crippen LogP contribution in [-0.2, 0) is 11.2 Å². The molecular weight excluding hydrogens is 372 g/mol. The lowest BCUT2D eigenvalue weighted by Crippen LogP contribution is -2.37. The Hall–Kier alpha value is -3.15. The third kappa shape index (κ3) is 3.28. The number of fused-ring (bicyclic) bond motifs is 1. The Bertz CT molecular complexity index is 1060. The smallest absolute Gasteiger partial charge is 0.269 e. The number of aliphatic hydroxyl groups is 2. The van der Waals surface area contributed by atoms with Gasteiger partial charge in [0.15, 0.2) is 5.69 Å². The molecule has 1 fully saturated rings. The summed E-state index contributed by atoms with van der Waals surface area (Å²) in [5.41, 5.74) is 6.39. The molecule has 1 aliphatic heterocycles. The van der Waals surface area contributed by atoms with E-state index in [-0.39, 0.29) is 12.1 Å². The SMILES string of the molecule is CN1CC[C@@](O)(C#Cc2cccc(-n3nc(C(N)=O)c4c3CCC[C@H]4O)c2)C1=O. The van der Waals surface area contributed by atoms with Crippen molar-refractivity contribution in [2.24, 2.45) is 5.73 Å². The van der Waals surface area contributed by atoms with Crippen molar-refractivity contribution in [1.29, 1.82) is 0 Å². The predicted octanol–water partition coefficient (Wildman–Crippen LogP) is 0.286. The molecule has 1 aromatic carbocycles. The average Bonchev–Trinajstić information content (AvgIpc) is 3.22. The standard InChI is InChI=1S/C21H22N4O4/c1-24-11-10-21(29,20(24)28)9-8-13-4-2-5-14(12-13)25-15-6-3-7-16(26)17(15)18(23-25)19(22)27/h2,4-5,12,16,26,29H,3,6-7,10-11H2,1H3,(H2,22,27)/t16-,21+/m1/s1. The van der Waals surface area contributed by atoms with E-state index in [4.69, 9.17) is 5.73 Å². The second-order valence-electron chi connectivity index (χ2n) is 7.53. The van der Waals surface area contributed by atoms with Crippen LogP contribution in [0.1, 0.15) is 52.7 Å². The molecular formula is C21H22N4O4. The van der Waals surface area contributed by atoms with Crippen molar-refractivity contribution >= 4 is 11.8 Å². The van der Waals surface area contributed by atoms with Gasteiger partial charge in [-0.3, -0.25) is 9.59 Å². The summed E-state index contributed by atoms with van der Waals surface area (Å²) in [6.45, 7) is 0.460. The maximum Gasteiger partial charge on any atom is 0.269 e. The third-order valence-electron chi connectivity index (χ3n) is 5.49. The topological polar surface area (TPSA) is 122 Å². The molecule has 1 aliphatic carbocycles. The number of aliphatic hydroxyl groups excluding tert-OH is 1. The summed E-state index contributed by atoms with van der Waals surface area (Å²) in [5, 5.41) is 25.2. The van der Waals surface area contributed by atoms with E-state index in [1.165, 1.54) is 4.90 Å². The van der Waals surface area contributed by atoms with Crippen LogP contribution in [0.3, 0.4) is 0 Å². The molecule has 0 spiro atoms. The molecule has 150 valence electrons. The van der Waals surface area contributed by atoms with Gasteiger partial charge in [0, 0.05) is 31.1 Å². The van der Waals surface area contributed by atoms with Crippen LogP contribution < -0.4 is 5.73 Å². The second-order valence-corrected chi connectivity index (χ2v) is 7.53. The van der Waals surface area contributed by atoms with E-state index in [0.29, 0.717) is 36.2 Å². The number of benzene rings is 1. The van der Waals surface area contributed by atoms with Gasteiger partial charge in [0.25, 0.3) is 11.8 Å². The molecule has 0 unspecified atom stereocenters. The molecule has 2 aliphatic rings.